The summed E-state index contributed by atoms with van der Waals surface area (Å²) in [6.45, 7) is 1.15. The van der Waals surface area contributed by atoms with Crippen LogP contribution in [0, 0.1) is 12.3 Å². The molecule has 0 radical (unpaired) electrons. The number of hydrogen-bond acceptors (Lipinski definition) is 2. The molecule has 3 N–H and O–H groups in total. The number of nitrogens with zero attached hydrogens (tertiary/aromatic N) is 1. The van der Waals surface area contributed by atoms with Crippen molar-refractivity contribution in [2.24, 2.45) is 4.99 Å². The molecule has 0 aliphatic carbocycles. The number of aliphatic imine (C=N–C) groups is 1. The van der Waals surface area contributed by atoms with Crippen molar-refractivity contribution in [2.45, 2.75) is 6.42 Å². The van der Waals surface area contributed by atoms with Crippen LogP contribution in [0.4, 0.5) is 0 Å². The van der Waals surface area contributed by atoms with Crippen molar-refractivity contribution in [3.05, 3.63) is 35.4 Å². The van der Waals surface area contributed by atoms with Crippen LogP contribution >= 0.6 is 24.0 Å². The number of benzene rings is 1. The Hall–Kier alpha value is -1.75. The summed E-state index contributed by atoms with van der Waals surface area (Å²) in [7, 11) is 3.32. The smallest absolute Gasteiger partial charge is 0.251 e. The summed E-state index contributed by atoms with van der Waals surface area (Å²) < 4.78 is 0. The third-order valence-corrected chi connectivity index (χ3v) is 2.70. The van der Waals surface area contributed by atoms with Crippen molar-refractivity contribution in [1.82, 2.24) is 16.0 Å². The zero-order valence-electron chi connectivity index (χ0n) is 12.3. The molecule has 0 heterocycles. The molecule has 0 bridgehead atoms. The molecule has 5 nitrogen and oxygen atoms in total. The summed E-state index contributed by atoms with van der Waals surface area (Å²) in [5.41, 5.74) is 1.76. The summed E-state index contributed by atoms with van der Waals surface area (Å²) >= 11 is 0. The first-order valence-electron chi connectivity index (χ1n) is 6.40. The van der Waals surface area contributed by atoms with Gasteiger partial charge in [0, 0.05) is 26.2 Å². The van der Waals surface area contributed by atoms with Crippen LogP contribution in [-0.4, -0.2) is 39.1 Å². The van der Waals surface area contributed by atoms with E-state index in [2.05, 4.69) is 26.9 Å². The van der Waals surface area contributed by atoms with Crippen molar-refractivity contribution in [1.29, 1.82) is 0 Å². The summed E-state index contributed by atoms with van der Waals surface area (Å²) in [5.74, 6) is 3.08. The number of rotatable bonds is 5. The predicted molar refractivity (Wildman–Crippen MR) is 97.1 cm³/mol. The van der Waals surface area contributed by atoms with E-state index in [1.807, 2.05) is 18.2 Å². The van der Waals surface area contributed by atoms with Crippen LogP contribution in [0.15, 0.2) is 29.3 Å². The molecule has 1 amide bonds. The Morgan fingerprint density at radius 3 is 2.76 bits per heavy atom. The Morgan fingerprint density at radius 2 is 2.14 bits per heavy atom. The van der Waals surface area contributed by atoms with E-state index < -0.39 is 0 Å². The third kappa shape index (κ3) is 6.99. The molecule has 0 aromatic heterocycles. The van der Waals surface area contributed by atoms with E-state index in [4.69, 9.17) is 6.42 Å². The van der Waals surface area contributed by atoms with Gasteiger partial charge in [0.25, 0.3) is 5.91 Å². The number of carbonyl (C=O) groups is 1. The molecule has 0 fully saturated rings. The quantitative estimate of drug-likeness (QED) is 0.299. The molecule has 0 aliphatic heterocycles. The van der Waals surface area contributed by atoms with E-state index in [9.17, 15) is 4.79 Å². The first kappa shape index (κ1) is 19.2. The van der Waals surface area contributed by atoms with E-state index in [0.717, 1.165) is 12.0 Å². The van der Waals surface area contributed by atoms with Gasteiger partial charge in [-0.05, 0) is 24.1 Å². The second-order valence-corrected chi connectivity index (χ2v) is 4.09. The average Bonchev–Trinajstić information content (AvgIpc) is 2.50. The van der Waals surface area contributed by atoms with Crippen molar-refractivity contribution >= 4 is 35.8 Å². The van der Waals surface area contributed by atoms with E-state index in [1.165, 1.54) is 0 Å². The molecule has 0 unspecified atom stereocenters. The van der Waals surface area contributed by atoms with Crippen molar-refractivity contribution in [2.75, 3.05) is 27.2 Å². The van der Waals surface area contributed by atoms with Crippen LogP contribution in [0.1, 0.15) is 15.9 Å². The molecule has 1 rings (SSSR count). The molecule has 0 atom stereocenters. The number of guanidine groups is 1. The molecule has 1 aromatic rings. The minimum atomic E-state index is -0.0775. The van der Waals surface area contributed by atoms with E-state index in [-0.39, 0.29) is 29.9 Å². The second kappa shape index (κ2) is 11.0. The Balaban J connectivity index is 0.00000400. The van der Waals surface area contributed by atoms with Crippen LogP contribution < -0.4 is 16.0 Å². The molecular formula is C15H21IN4O. The molecule has 0 saturated heterocycles. The molecule has 0 aliphatic rings. The van der Waals surface area contributed by atoms with Gasteiger partial charge in [-0.25, -0.2) is 0 Å². The second-order valence-electron chi connectivity index (χ2n) is 4.09. The fourth-order valence-electron chi connectivity index (χ4n) is 1.69. The highest BCUT2D eigenvalue weighted by molar-refractivity contribution is 14.0. The Morgan fingerprint density at radius 1 is 1.38 bits per heavy atom. The monoisotopic (exact) mass is 400 g/mol. The van der Waals surface area contributed by atoms with Gasteiger partial charge in [0.1, 0.15) is 0 Å². The molecule has 114 valence electrons. The van der Waals surface area contributed by atoms with Gasteiger partial charge in [0.05, 0.1) is 6.54 Å². The van der Waals surface area contributed by atoms with Crippen molar-refractivity contribution < 1.29 is 4.79 Å². The lowest BCUT2D eigenvalue weighted by atomic mass is 10.1. The van der Waals surface area contributed by atoms with Gasteiger partial charge < -0.3 is 16.0 Å². The average molecular weight is 400 g/mol. The summed E-state index contributed by atoms with van der Waals surface area (Å²) in [6.07, 6.45) is 5.97. The minimum Gasteiger partial charge on any atom is -0.356 e. The maximum absolute atomic E-state index is 11.5. The number of halogens is 1. The summed E-state index contributed by atoms with van der Waals surface area (Å²) in [4.78, 5) is 15.6. The van der Waals surface area contributed by atoms with Gasteiger partial charge in [-0.15, -0.1) is 30.4 Å². The number of nitrogens with one attached hydrogen (secondary N) is 3. The Labute approximate surface area is 143 Å². The van der Waals surface area contributed by atoms with Gasteiger partial charge in [-0.1, -0.05) is 18.1 Å². The van der Waals surface area contributed by atoms with E-state index >= 15 is 0 Å². The van der Waals surface area contributed by atoms with Gasteiger partial charge in [-0.3, -0.25) is 9.79 Å². The number of carbonyl (C=O) groups excluding carboxylic acids is 1. The van der Waals surface area contributed by atoms with Gasteiger partial charge in [0.15, 0.2) is 5.96 Å². The number of terminal acetylenes is 1. The molecule has 0 spiro atoms. The normalized spacial score (nSPS) is 10.0. The van der Waals surface area contributed by atoms with Crippen LogP contribution in [0.25, 0.3) is 0 Å². The van der Waals surface area contributed by atoms with Gasteiger partial charge in [0.2, 0.25) is 0 Å². The number of amides is 1. The zero-order valence-corrected chi connectivity index (χ0v) is 14.6. The summed E-state index contributed by atoms with van der Waals surface area (Å²) in [6, 6.07) is 7.55. The first-order chi connectivity index (χ1) is 9.71. The standard InChI is InChI=1S/C15H20N4O.HI/c1-4-9-18-15(17-3)19-10-8-12-6-5-7-13(11-12)14(20)16-2;/h1,5-7,11H,8-10H2,2-3H3,(H,16,20)(H2,17,18,19);1H. The van der Waals surface area contributed by atoms with Crippen molar-refractivity contribution in [3.8, 4) is 12.3 Å². The lowest BCUT2D eigenvalue weighted by Crippen LogP contribution is -2.38. The third-order valence-electron chi connectivity index (χ3n) is 2.70. The lowest BCUT2D eigenvalue weighted by Gasteiger charge is -2.10. The number of hydrogen-bond donors (Lipinski definition) is 3. The molecule has 1 aromatic carbocycles. The fraction of sp³-hybridized carbons (Fsp3) is 0.333. The molecule has 21 heavy (non-hydrogen) atoms. The molecule has 0 saturated carbocycles. The highest BCUT2D eigenvalue weighted by atomic mass is 127. The minimum absolute atomic E-state index is 0. The predicted octanol–water partition coefficient (Wildman–Crippen LogP) is 1.00. The van der Waals surface area contributed by atoms with E-state index in [0.29, 0.717) is 24.6 Å². The van der Waals surface area contributed by atoms with Crippen LogP contribution in [0.3, 0.4) is 0 Å². The fourth-order valence-corrected chi connectivity index (χ4v) is 1.69. The highest BCUT2D eigenvalue weighted by Crippen LogP contribution is 2.05. The van der Waals surface area contributed by atoms with Crippen LogP contribution in [0.5, 0.6) is 0 Å². The SMILES string of the molecule is C#CCNC(=NC)NCCc1cccc(C(=O)NC)c1.I. The van der Waals surface area contributed by atoms with Crippen LogP contribution in [0.2, 0.25) is 0 Å². The molecule has 6 heteroatoms. The topological polar surface area (TPSA) is 65.5 Å². The highest BCUT2D eigenvalue weighted by Gasteiger charge is 2.03. The van der Waals surface area contributed by atoms with Crippen molar-refractivity contribution in [3.63, 3.8) is 0 Å². The Kier molecular flexibility index (Phi) is 10.1. The first-order valence-corrected chi connectivity index (χ1v) is 6.40. The van der Waals surface area contributed by atoms with Gasteiger partial charge >= 0.3 is 0 Å². The lowest BCUT2D eigenvalue weighted by molar-refractivity contribution is 0.0963. The maximum Gasteiger partial charge on any atom is 0.251 e. The van der Waals surface area contributed by atoms with Gasteiger partial charge in [-0.2, -0.15) is 0 Å². The van der Waals surface area contributed by atoms with Crippen LogP contribution in [-0.2, 0) is 6.42 Å². The molecular weight excluding hydrogens is 379 g/mol. The van der Waals surface area contributed by atoms with E-state index in [1.54, 1.807) is 20.2 Å². The maximum atomic E-state index is 11.5. The Bertz CT molecular complexity index is 523. The largest absolute Gasteiger partial charge is 0.356 e. The zero-order chi connectivity index (χ0) is 14.8. The summed E-state index contributed by atoms with van der Waals surface area (Å²) in [5, 5.41) is 8.75.